The second kappa shape index (κ2) is 3.78. The Balaban J connectivity index is 3.49. The number of phenols is 1. The van der Waals surface area contributed by atoms with Crippen molar-refractivity contribution >= 4 is 17.1 Å². The van der Waals surface area contributed by atoms with Crippen molar-refractivity contribution in [1.29, 1.82) is 0 Å². The molecule has 0 fully saturated rings. The fourth-order valence-corrected chi connectivity index (χ4v) is 1.10. The molecule has 0 heterocycles. The predicted octanol–water partition coefficient (Wildman–Crippen LogP) is 1.25. The molecule has 0 saturated carbocycles. The molecule has 0 saturated heterocycles. The highest BCUT2D eigenvalue weighted by Crippen LogP contribution is 2.40. The first-order valence-electron chi connectivity index (χ1n) is 3.81. The lowest BCUT2D eigenvalue weighted by atomic mass is 10.2. The summed E-state index contributed by atoms with van der Waals surface area (Å²) in [4.78, 5) is 19.2. The lowest BCUT2D eigenvalue weighted by molar-refractivity contribution is -0.395. The fraction of sp³-hybridized carbons (Fsp3) is 0.143. The Bertz CT molecular complexity index is 431. The standard InChI is InChI=1S/C7H7N3O5/c1-8-4-2-3-5(9(12)13)7(11)6(4)10(14)15/h2-3,8,11H,1H3. The molecule has 1 aromatic rings. The Kier molecular flexibility index (Phi) is 2.70. The molecule has 0 unspecified atom stereocenters. The molecular formula is C7H7N3O5. The average molecular weight is 213 g/mol. The van der Waals surface area contributed by atoms with Crippen molar-refractivity contribution in [2.75, 3.05) is 12.4 Å². The van der Waals surface area contributed by atoms with Crippen molar-refractivity contribution in [1.82, 2.24) is 0 Å². The number of nitrogens with one attached hydrogen (secondary N) is 1. The van der Waals surface area contributed by atoms with E-state index in [1.54, 1.807) is 0 Å². The van der Waals surface area contributed by atoms with Gasteiger partial charge in [-0.3, -0.25) is 20.2 Å². The summed E-state index contributed by atoms with van der Waals surface area (Å²) >= 11 is 0. The number of hydrogen-bond donors (Lipinski definition) is 2. The zero-order chi connectivity index (χ0) is 11.6. The summed E-state index contributed by atoms with van der Waals surface area (Å²) in [5.74, 6) is -0.947. The summed E-state index contributed by atoms with van der Waals surface area (Å²) in [6.45, 7) is 0. The van der Waals surface area contributed by atoms with E-state index in [2.05, 4.69) is 5.32 Å². The van der Waals surface area contributed by atoms with Crippen LogP contribution in [0.25, 0.3) is 0 Å². The summed E-state index contributed by atoms with van der Waals surface area (Å²) < 4.78 is 0. The Labute approximate surface area is 83.4 Å². The van der Waals surface area contributed by atoms with Gasteiger partial charge in [0.2, 0.25) is 0 Å². The van der Waals surface area contributed by atoms with Crippen LogP contribution in [0.2, 0.25) is 0 Å². The first-order valence-corrected chi connectivity index (χ1v) is 3.81. The Morgan fingerprint density at radius 3 is 2.27 bits per heavy atom. The second-order valence-corrected chi connectivity index (χ2v) is 2.59. The van der Waals surface area contributed by atoms with Crippen LogP contribution in [0.15, 0.2) is 12.1 Å². The number of rotatable bonds is 3. The van der Waals surface area contributed by atoms with E-state index in [0.29, 0.717) is 0 Å². The van der Waals surface area contributed by atoms with Gasteiger partial charge < -0.3 is 10.4 Å². The van der Waals surface area contributed by atoms with E-state index in [0.717, 1.165) is 12.1 Å². The van der Waals surface area contributed by atoms with Crippen LogP contribution in [0.4, 0.5) is 17.1 Å². The van der Waals surface area contributed by atoms with Crippen molar-refractivity contribution < 1.29 is 15.0 Å². The average Bonchev–Trinajstić information content (AvgIpc) is 2.15. The summed E-state index contributed by atoms with van der Waals surface area (Å²) in [5, 5.41) is 32.7. The van der Waals surface area contributed by atoms with Crippen molar-refractivity contribution in [2.45, 2.75) is 0 Å². The van der Waals surface area contributed by atoms with E-state index in [1.165, 1.54) is 7.05 Å². The Morgan fingerprint density at radius 2 is 1.87 bits per heavy atom. The smallest absolute Gasteiger partial charge is 0.340 e. The van der Waals surface area contributed by atoms with Crippen molar-refractivity contribution in [3.63, 3.8) is 0 Å². The number of aromatic hydroxyl groups is 1. The van der Waals surface area contributed by atoms with Gasteiger partial charge in [-0.15, -0.1) is 0 Å². The van der Waals surface area contributed by atoms with Gasteiger partial charge >= 0.3 is 11.4 Å². The summed E-state index contributed by atoms with van der Waals surface area (Å²) in [6, 6.07) is 2.16. The first kappa shape index (κ1) is 10.7. The molecule has 0 atom stereocenters. The molecule has 0 aromatic heterocycles. The van der Waals surface area contributed by atoms with Gasteiger partial charge in [-0.25, -0.2) is 0 Å². The van der Waals surface area contributed by atoms with Crippen LogP contribution in [0.1, 0.15) is 0 Å². The minimum absolute atomic E-state index is 0.0168. The van der Waals surface area contributed by atoms with Gasteiger partial charge in [0.05, 0.1) is 9.85 Å². The maximum absolute atomic E-state index is 10.6. The zero-order valence-electron chi connectivity index (χ0n) is 7.63. The molecule has 0 aliphatic heterocycles. The number of nitro groups is 2. The van der Waals surface area contributed by atoms with Crippen LogP contribution in [-0.4, -0.2) is 22.0 Å². The van der Waals surface area contributed by atoms with Gasteiger partial charge in [-0.1, -0.05) is 0 Å². The molecule has 15 heavy (non-hydrogen) atoms. The van der Waals surface area contributed by atoms with Gasteiger partial charge in [0.1, 0.15) is 5.69 Å². The Morgan fingerprint density at radius 1 is 1.27 bits per heavy atom. The lowest BCUT2D eigenvalue weighted by Gasteiger charge is -2.03. The van der Waals surface area contributed by atoms with Crippen LogP contribution in [0.5, 0.6) is 5.75 Å². The van der Waals surface area contributed by atoms with Crippen LogP contribution in [0, 0.1) is 20.2 Å². The molecule has 0 aliphatic rings. The number of phenolic OH excluding ortho intramolecular Hbond substituents is 1. The number of benzene rings is 1. The monoisotopic (exact) mass is 213 g/mol. The molecule has 0 spiro atoms. The highest BCUT2D eigenvalue weighted by molar-refractivity contribution is 5.73. The van der Waals surface area contributed by atoms with Crippen molar-refractivity contribution in [3.05, 3.63) is 32.4 Å². The van der Waals surface area contributed by atoms with Crippen molar-refractivity contribution in [3.8, 4) is 5.75 Å². The minimum atomic E-state index is -0.947. The minimum Gasteiger partial charge on any atom is -0.497 e. The van der Waals surface area contributed by atoms with Gasteiger partial charge in [0.15, 0.2) is 0 Å². The van der Waals surface area contributed by atoms with Gasteiger partial charge in [0, 0.05) is 13.1 Å². The van der Waals surface area contributed by atoms with Crippen LogP contribution in [0.3, 0.4) is 0 Å². The lowest BCUT2D eigenvalue weighted by Crippen LogP contribution is -1.99. The quantitative estimate of drug-likeness (QED) is 0.576. The highest BCUT2D eigenvalue weighted by Gasteiger charge is 2.28. The number of nitro benzene ring substituents is 2. The van der Waals surface area contributed by atoms with Gasteiger partial charge in [0.25, 0.3) is 5.75 Å². The molecule has 8 nitrogen and oxygen atoms in total. The van der Waals surface area contributed by atoms with E-state index < -0.39 is 27.0 Å². The highest BCUT2D eigenvalue weighted by atomic mass is 16.6. The zero-order valence-corrected chi connectivity index (χ0v) is 7.63. The molecule has 80 valence electrons. The maximum atomic E-state index is 10.6. The predicted molar refractivity (Wildman–Crippen MR) is 51.0 cm³/mol. The van der Waals surface area contributed by atoms with Crippen LogP contribution < -0.4 is 5.32 Å². The topological polar surface area (TPSA) is 119 Å². The molecule has 0 radical (unpaired) electrons. The summed E-state index contributed by atoms with van der Waals surface area (Å²) in [5.41, 5.74) is -1.38. The molecular weight excluding hydrogens is 206 g/mol. The number of anilines is 1. The Hall–Kier alpha value is -2.38. The molecule has 2 N–H and O–H groups in total. The van der Waals surface area contributed by atoms with E-state index in [9.17, 15) is 25.3 Å². The third-order valence-corrected chi connectivity index (χ3v) is 1.78. The SMILES string of the molecule is CNc1ccc([N+](=O)[O-])c(O)c1[N+](=O)[O-]. The van der Waals surface area contributed by atoms with E-state index in [-0.39, 0.29) is 5.69 Å². The maximum Gasteiger partial charge on any atom is 0.340 e. The number of nitrogens with zero attached hydrogens (tertiary/aromatic N) is 2. The summed E-state index contributed by atoms with van der Waals surface area (Å²) in [7, 11) is 1.41. The third kappa shape index (κ3) is 1.77. The van der Waals surface area contributed by atoms with E-state index in [1.807, 2.05) is 0 Å². The number of hydrogen-bond acceptors (Lipinski definition) is 6. The molecule has 8 heteroatoms. The molecule has 0 bridgehead atoms. The van der Waals surface area contributed by atoms with E-state index >= 15 is 0 Å². The van der Waals surface area contributed by atoms with Crippen molar-refractivity contribution in [2.24, 2.45) is 0 Å². The normalized spacial score (nSPS) is 9.67. The van der Waals surface area contributed by atoms with E-state index in [4.69, 9.17) is 0 Å². The second-order valence-electron chi connectivity index (χ2n) is 2.59. The van der Waals surface area contributed by atoms with Crippen LogP contribution in [-0.2, 0) is 0 Å². The fourth-order valence-electron chi connectivity index (χ4n) is 1.10. The van der Waals surface area contributed by atoms with Gasteiger partial charge in [-0.05, 0) is 6.07 Å². The largest absolute Gasteiger partial charge is 0.497 e. The molecule has 1 rings (SSSR count). The molecule has 1 aromatic carbocycles. The van der Waals surface area contributed by atoms with Gasteiger partial charge in [-0.2, -0.15) is 0 Å². The van der Waals surface area contributed by atoms with Crippen LogP contribution >= 0.6 is 0 Å². The molecule has 0 amide bonds. The first-order chi connectivity index (χ1) is 6.99. The third-order valence-electron chi connectivity index (χ3n) is 1.78. The summed E-state index contributed by atoms with van der Waals surface area (Å²) in [6.07, 6.45) is 0. The molecule has 0 aliphatic carbocycles.